The van der Waals surface area contributed by atoms with E-state index in [1.54, 1.807) is 0 Å². The number of carbonyl (C=O) groups excluding carboxylic acids is 1. The quantitative estimate of drug-likeness (QED) is 0.385. The first kappa shape index (κ1) is 18.2. The summed E-state index contributed by atoms with van der Waals surface area (Å²) in [7, 11) is 0. The number of nitrogens with two attached hydrogens (primary N) is 1. The molecule has 0 saturated heterocycles. The molecule has 0 saturated carbocycles. The van der Waals surface area contributed by atoms with Crippen LogP contribution in [-0.2, 0) is 9.59 Å². The van der Waals surface area contributed by atoms with E-state index in [9.17, 15) is 19.8 Å². The zero-order valence-corrected chi connectivity index (χ0v) is 12.1. The lowest BCUT2D eigenvalue weighted by molar-refractivity contribution is -0.137. The molecule has 112 valence electrons. The van der Waals surface area contributed by atoms with E-state index in [4.69, 9.17) is 10.8 Å². The van der Waals surface area contributed by atoms with E-state index in [1.807, 2.05) is 20.8 Å². The van der Waals surface area contributed by atoms with Crippen molar-refractivity contribution >= 4 is 23.6 Å². The van der Waals surface area contributed by atoms with Crippen molar-refractivity contribution < 1.29 is 24.9 Å². The molecule has 19 heavy (non-hydrogen) atoms. The van der Waals surface area contributed by atoms with Gasteiger partial charge in [0.05, 0.1) is 5.25 Å². The van der Waals surface area contributed by atoms with Crippen LogP contribution >= 0.6 is 11.8 Å². The molecule has 2 atom stereocenters. The summed E-state index contributed by atoms with van der Waals surface area (Å²) in [5.41, 5.74) is 4.90. The van der Waals surface area contributed by atoms with Gasteiger partial charge in [-0.15, -0.1) is 0 Å². The Labute approximate surface area is 116 Å². The van der Waals surface area contributed by atoms with Crippen LogP contribution in [-0.4, -0.2) is 56.1 Å². The molecule has 0 radical (unpaired) electrons. The molecule has 0 aromatic rings. The van der Waals surface area contributed by atoms with Crippen molar-refractivity contribution in [2.45, 2.75) is 50.3 Å². The molecule has 0 aromatic carbocycles. The van der Waals surface area contributed by atoms with E-state index >= 15 is 0 Å². The van der Waals surface area contributed by atoms with Gasteiger partial charge in [-0.3, -0.25) is 9.59 Å². The molecule has 0 bridgehead atoms. The summed E-state index contributed by atoms with van der Waals surface area (Å²) < 4.78 is 0. The summed E-state index contributed by atoms with van der Waals surface area (Å²) in [4.78, 5) is 22.2. The first-order chi connectivity index (χ1) is 8.53. The van der Waals surface area contributed by atoms with Crippen LogP contribution in [0.25, 0.3) is 0 Å². The van der Waals surface area contributed by atoms with Crippen LogP contribution in [0.5, 0.6) is 0 Å². The van der Waals surface area contributed by atoms with Gasteiger partial charge in [-0.2, -0.15) is 11.8 Å². The summed E-state index contributed by atoms with van der Waals surface area (Å²) >= 11 is 0.954. The van der Waals surface area contributed by atoms with Gasteiger partial charge >= 0.3 is 5.97 Å². The van der Waals surface area contributed by atoms with Crippen LogP contribution in [0.15, 0.2) is 0 Å². The number of thioether (sulfide) groups is 1. The minimum atomic E-state index is -1.71. The van der Waals surface area contributed by atoms with Gasteiger partial charge in [0.15, 0.2) is 6.29 Å². The third kappa shape index (κ3) is 8.82. The molecule has 0 heterocycles. The van der Waals surface area contributed by atoms with Crippen molar-refractivity contribution in [2.24, 2.45) is 5.73 Å². The predicted octanol–water partition coefficient (Wildman–Crippen LogP) is -0.884. The fraction of sp³-hybridized carbons (Fsp3) is 0.818. The number of carbonyl (C=O) groups is 2. The molecule has 7 nitrogen and oxygen atoms in total. The summed E-state index contributed by atoms with van der Waals surface area (Å²) in [6, 6.07) is -1.10. The van der Waals surface area contributed by atoms with E-state index in [1.165, 1.54) is 0 Å². The van der Waals surface area contributed by atoms with E-state index in [2.05, 4.69) is 5.32 Å². The number of aliphatic hydroxyl groups is 2. The molecule has 0 aliphatic carbocycles. The van der Waals surface area contributed by atoms with Crippen LogP contribution in [0.1, 0.15) is 27.2 Å². The molecule has 6 N–H and O–H groups in total. The topological polar surface area (TPSA) is 133 Å². The van der Waals surface area contributed by atoms with Crippen LogP contribution in [0.3, 0.4) is 0 Å². The zero-order valence-electron chi connectivity index (χ0n) is 11.3. The van der Waals surface area contributed by atoms with Crippen molar-refractivity contribution in [3.05, 3.63) is 0 Å². The summed E-state index contributed by atoms with van der Waals surface area (Å²) in [5, 5.41) is 28.9. The van der Waals surface area contributed by atoms with Crippen LogP contribution in [0.2, 0.25) is 0 Å². The fourth-order valence-corrected chi connectivity index (χ4v) is 2.24. The molecular weight excluding hydrogens is 272 g/mol. The van der Waals surface area contributed by atoms with Crippen molar-refractivity contribution in [1.29, 1.82) is 0 Å². The molecule has 1 amide bonds. The molecule has 0 spiro atoms. The van der Waals surface area contributed by atoms with Crippen molar-refractivity contribution in [3.8, 4) is 0 Å². The lowest BCUT2D eigenvalue weighted by Gasteiger charge is -2.24. The highest BCUT2D eigenvalue weighted by Crippen LogP contribution is 2.19. The molecule has 0 aromatic heterocycles. The van der Waals surface area contributed by atoms with E-state index in [0.717, 1.165) is 11.8 Å². The lowest BCUT2D eigenvalue weighted by Crippen LogP contribution is -2.43. The Morgan fingerprint density at radius 2 is 1.84 bits per heavy atom. The van der Waals surface area contributed by atoms with Gasteiger partial charge in [0.1, 0.15) is 6.04 Å². The highest BCUT2D eigenvalue weighted by molar-refractivity contribution is 8.00. The Bertz CT molecular complexity index is 317. The third-order valence-corrected chi connectivity index (χ3v) is 3.43. The molecule has 8 heteroatoms. The SMILES string of the molecule is CC(C)(C)NC(=O)CC(SCC(N)C(=O)O)C(O)O. The fourth-order valence-electron chi connectivity index (χ4n) is 1.20. The van der Waals surface area contributed by atoms with Crippen LogP contribution in [0, 0.1) is 0 Å². The normalized spacial score (nSPS) is 15.1. The van der Waals surface area contributed by atoms with Gasteiger partial charge in [-0.25, -0.2) is 0 Å². The zero-order chi connectivity index (χ0) is 15.2. The second kappa shape index (κ2) is 7.68. The molecule has 0 fully saturated rings. The van der Waals surface area contributed by atoms with E-state index in [-0.39, 0.29) is 18.1 Å². The van der Waals surface area contributed by atoms with Gasteiger partial charge in [-0.1, -0.05) is 0 Å². The lowest BCUT2D eigenvalue weighted by atomic mass is 10.1. The Morgan fingerprint density at radius 3 is 2.21 bits per heavy atom. The van der Waals surface area contributed by atoms with Crippen LogP contribution < -0.4 is 11.1 Å². The molecule has 0 rings (SSSR count). The number of nitrogens with one attached hydrogen (secondary N) is 1. The maximum absolute atomic E-state index is 11.7. The van der Waals surface area contributed by atoms with Crippen molar-refractivity contribution in [2.75, 3.05) is 5.75 Å². The average molecular weight is 294 g/mol. The number of aliphatic hydroxyl groups excluding tert-OH is 1. The molecule has 2 unspecified atom stereocenters. The molecule has 0 aliphatic rings. The van der Waals surface area contributed by atoms with Gasteiger partial charge in [0.2, 0.25) is 5.91 Å². The monoisotopic (exact) mass is 294 g/mol. The number of carboxylic acid groups (broad SMARTS) is 1. The number of carboxylic acids is 1. The summed E-state index contributed by atoms with van der Waals surface area (Å²) in [6.45, 7) is 5.42. The van der Waals surface area contributed by atoms with Crippen molar-refractivity contribution in [3.63, 3.8) is 0 Å². The average Bonchev–Trinajstić information content (AvgIpc) is 2.20. The maximum atomic E-state index is 11.7. The highest BCUT2D eigenvalue weighted by Gasteiger charge is 2.25. The Balaban J connectivity index is 4.35. The minimum absolute atomic E-state index is 0.000415. The summed E-state index contributed by atoms with van der Waals surface area (Å²) in [5.74, 6) is -1.50. The second-order valence-electron chi connectivity index (χ2n) is 5.23. The largest absolute Gasteiger partial charge is 0.480 e. The number of amides is 1. The third-order valence-electron chi connectivity index (χ3n) is 2.04. The molecular formula is C11H22N2O5S. The van der Waals surface area contributed by atoms with E-state index < -0.39 is 29.1 Å². The van der Waals surface area contributed by atoms with Gasteiger partial charge in [0, 0.05) is 17.7 Å². The van der Waals surface area contributed by atoms with Gasteiger partial charge in [0.25, 0.3) is 0 Å². The van der Waals surface area contributed by atoms with Crippen molar-refractivity contribution in [1.82, 2.24) is 5.32 Å². The Hall–Kier alpha value is -0.830. The standard InChI is InChI=1S/C11H22N2O5S/c1-11(2,3)13-8(14)4-7(10(17)18)19-5-6(12)9(15)16/h6-7,10,17-18H,4-5,12H2,1-3H3,(H,13,14)(H,15,16). The predicted molar refractivity (Wildman–Crippen MR) is 72.6 cm³/mol. The number of rotatable bonds is 7. The van der Waals surface area contributed by atoms with Gasteiger partial charge < -0.3 is 26.4 Å². The highest BCUT2D eigenvalue weighted by atomic mass is 32.2. The minimum Gasteiger partial charge on any atom is -0.480 e. The van der Waals surface area contributed by atoms with Crippen LogP contribution in [0.4, 0.5) is 0 Å². The summed E-state index contributed by atoms with van der Waals surface area (Å²) in [6.07, 6.45) is -1.83. The van der Waals surface area contributed by atoms with E-state index in [0.29, 0.717) is 0 Å². The Kier molecular flexibility index (Phi) is 7.35. The first-order valence-corrected chi connectivity index (χ1v) is 6.85. The molecule has 0 aliphatic heterocycles. The first-order valence-electron chi connectivity index (χ1n) is 5.80. The second-order valence-corrected chi connectivity index (χ2v) is 6.50. The maximum Gasteiger partial charge on any atom is 0.321 e. The Morgan fingerprint density at radius 1 is 1.32 bits per heavy atom. The number of aliphatic carboxylic acids is 1. The number of hydrogen-bond acceptors (Lipinski definition) is 6. The van der Waals surface area contributed by atoms with Gasteiger partial charge in [-0.05, 0) is 20.8 Å². The number of hydrogen-bond donors (Lipinski definition) is 5. The smallest absolute Gasteiger partial charge is 0.321 e.